The van der Waals surface area contributed by atoms with Gasteiger partial charge in [0.25, 0.3) is 0 Å². The van der Waals surface area contributed by atoms with E-state index in [1.54, 1.807) is 0 Å². The summed E-state index contributed by atoms with van der Waals surface area (Å²) in [5, 5.41) is 0. The maximum Gasteiger partial charge on any atom is 0.0704 e. The first-order valence-corrected chi connectivity index (χ1v) is 9.79. The van der Waals surface area contributed by atoms with Crippen LogP contribution in [0.25, 0.3) is 0 Å². The monoisotopic (exact) mass is 333 g/mol. The van der Waals surface area contributed by atoms with Gasteiger partial charge >= 0.3 is 0 Å². The van der Waals surface area contributed by atoms with E-state index in [4.69, 9.17) is 15.2 Å². The molecule has 136 valence electrons. The summed E-state index contributed by atoms with van der Waals surface area (Å²) in [6.07, 6.45) is 8.31. The first-order chi connectivity index (χ1) is 11.8. The minimum Gasteiger partial charge on any atom is -0.379 e. The fourth-order valence-corrected chi connectivity index (χ4v) is 3.53. The van der Waals surface area contributed by atoms with Gasteiger partial charge in [0.15, 0.2) is 0 Å². The van der Waals surface area contributed by atoms with E-state index in [1.807, 2.05) is 0 Å². The normalized spacial score (nSPS) is 18.4. The van der Waals surface area contributed by atoms with Gasteiger partial charge in [0.1, 0.15) is 0 Å². The number of rotatable bonds is 11. The van der Waals surface area contributed by atoms with Gasteiger partial charge in [-0.25, -0.2) is 0 Å². The maximum absolute atomic E-state index is 6.01. The number of hydrogen-bond acceptors (Lipinski definition) is 3. The third kappa shape index (κ3) is 5.87. The Bertz CT molecular complexity index is 475. The Hall–Kier alpha value is -0.900. The van der Waals surface area contributed by atoms with Crippen LogP contribution in [0, 0.1) is 0 Å². The highest BCUT2D eigenvalue weighted by molar-refractivity contribution is 5.36. The SMILES string of the molecule is CCCCOCCOC1CCc2cc(C(CN)CCC)ccc2C1. The molecule has 0 amide bonds. The zero-order chi connectivity index (χ0) is 17.2. The number of fused-ring (bicyclic) bond motifs is 1. The highest BCUT2D eigenvalue weighted by atomic mass is 16.5. The van der Waals surface area contributed by atoms with Gasteiger partial charge in [0.2, 0.25) is 0 Å². The third-order valence-electron chi connectivity index (χ3n) is 5.03. The fraction of sp³-hybridized carbons (Fsp3) is 0.714. The molecule has 3 heteroatoms. The Kier molecular flexibility index (Phi) is 8.79. The summed E-state index contributed by atoms with van der Waals surface area (Å²) in [5.74, 6) is 0.509. The van der Waals surface area contributed by atoms with E-state index in [-0.39, 0.29) is 0 Å². The molecule has 1 aromatic rings. The Morgan fingerprint density at radius 2 is 2.00 bits per heavy atom. The number of hydrogen-bond donors (Lipinski definition) is 1. The second kappa shape index (κ2) is 10.9. The number of benzene rings is 1. The van der Waals surface area contributed by atoms with Crippen molar-refractivity contribution in [3.63, 3.8) is 0 Å². The van der Waals surface area contributed by atoms with Crippen LogP contribution in [0.5, 0.6) is 0 Å². The van der Waals surface area contributed by atoms with Crippen molar-refractivity contribution in [3.8, 4) is 0 Å². The molecule has 2 atom stereocenters. The van der Waals surface area contributed by atoms with Gasteiger partial charge in [-0.1, -0.05) is 44.9 Å². The average Bonchev–Trinajstić information content (AvgIpc) is 2.62. The molecule has 0 radical (unpaired) electrons. The smallest absolute Gasteiger partial charge is 0.0704 e. The van der Waals surface area contributed by atoms with Gasteiger partial charge < -0.3 is 15.2 Å². The van der Waals surface area contributed by atoms with Gasteiger partial charge in [-0.3, -0.25) is 0 Å². The number of ether oxygens (including phenoxy) is 2. The topological polar surface area (TPSA) is 44.5 Å². The summed E-state index contributed by atoms with van der Waals surface area (Å²) in [7, 11) is 0. The first-order valence-electron chi connectivity index (χ1n) is 9.79. The van der Waals surface area contributed by atoms with Crippen LogP contribution in [-0.4, -0.2) is 32.5 Å². The lowest BCUT2D eigenvalue weighted by Gasteiger charge is -2.26. The summed E-state index contributed by atoms with van der Waals surface area (Å²) in [5.41, 5.74) is 10.3. The predicted molar refractivity (Wildman–Crippen MR) is 101 cm³/mol. The van der Waals surface area contributed by atoms with Crippen molar-refractivity contribution >= 4 is 0 Å². The molecule has 24 heavy (non-hydrogen) atoms. The van der Waals surface area contributed by atoms with E-state index in [2.05, 4.69) is 32.0 Å². The Balaban J connectivity index is 1.81. The minimum absolute atomic E-state index is 0.346. The molecule has 2 N–H and O–H groups in total. The average molecular weight is 334 g/mol. The van der Waals surface area contributed by atoms with Crippen LogP contribution in [0.1, 0.15) is 68.6 Å². The second-order valence-corrected chi connectivity index (χ2v) is 6.95. The molecule has 0 heterocycles. The fourth-order valence-electron chi connectivity index (χ4n) is 3.53. The lowest BCUT2D eigenvalue weighted by molar-refractivity contribution is -0.000913. The summed E-state index contributed by atoms with van der Waals surface area (Å²) < 4.78 is 11.6. The van der Waals surface area contributed by atoms with Crippen LogP contribution in [0.4, 0.5) is 0 Å². The first kappa shape index (κ1) is 19.4. The van der Waals surface area contributed by atoms with Crippen molar-refractivity contribution in [2.45, 2.75) is 70.8 Å². The third-order valence-corrected chi connectivity index (χ3v) is 5.03. The molecule has 0 aliphatic heterocycles. The lowest BCUT2D eigenvalue weighted by atomic mass is 9.85. The van der Waals surface area contributed by atoms with Crippen LogP contribution in [0.2, 0.25) is 0 Å². The molecule has 0 aromatic heterocycles. The number of nitrogens with two attached hydrogens (primary N) is 1. The van der Waals surface area contributed by atoms with Crippen molar-refractivity contribution in [2.24, 2.45) is 5.73 Å². The highest BCUT2D eigenvalue weighted by Gasteiger charge is 2.20. The van der Waals surface area contributed by atoms with Crippen molar-refractivity contribution in [1.29, 1.82) is 0 Å². The minimum atomic E-state index is 0.346. The Labute approximate surface area is 147 Å². The highest BCUT2D eigenvalue weighted by Crippen LogP contribution is 2.28. The van der Waals surface area contributed by atoms with E-state index in [0.29, 0.717) is 18.6 Å². The van der Waals surface area contributed by atoms with E-state index in [1.165, 1.54) is 36.0 Å². The number of unbranched alkanes of at least 4 members (excludes halogenated alkanes) is 1. The quantitative estimate of drug-likeness (QED) is 0.617. The number of aryl methyl sites for hydroxylation is 1. The molecular formula is C21H35NO2. The van der Waals surface area contributed by atoms with Crippen molar-refractivity contribution in [2.75, 3.05) is 26.4 Å². The van der Waals surface area contributed by atoms with Gasteiger partial charge in [0, 0.05) is 6.61 Å². The standard InChI is InChI=1S/C21H35NO2/c1-3-5-11-23-12-13-24-21-10-9-17-14-18(7-8-19(17)15-21)20(16-22)6-4-2/h7-8,14,20-21H,3-6,9-13,15-16,22H2,1-2H3. The molecule has 2 rings (SSSR count). The van der Waals surface area contributed by atoms with Gasteiger partial charge in [-0.15, -0.1) is 0 Å². The molecule has 1 aliphatic carbocycles. The zero-order valence-corrected chi connectivity index (χ0v) is 15.6. The van der Waals surface area contributed by atoms with Crippen molar-refractivity contribution < 1.29 is 9.47 Å². The molecule has 1 aliphatic rings. The largest absolute Gasteiger partial charge is 0.379 e. The Morgan fingerprint density at radius 3 is 2.75 bits per heavy atom. The van der Waals surface area contributed by atoms with E-state index >= 15 is 0 Å². The van der Waals surface area contributed by atoms with Crippen LogP contribution in [0.15, 0.2) is 18.2 Å². The van der Waals surface area contributed by atoms with E-state index < -0.39 is 0 Å². The summed E-state index contributed by atoms with van der Waals surface area (Å²) in [4.78, 5) is 0. The summed E-state index contributed by atoms with van der Waals surface area (Å²) in [6.45, 7) is 7.45. The second-order valence-electron chi connectivity index (χ2n) is 6.95. The molecule has 3 nitrogen and oxygen atoms in total. The summed E-state index contributed by atoms with van der Waals surface area (Å²) in [6, 6.07) is 6.98. The summed E-state index contributed by atoms with van der Waals surface area (Å²) >= 11 is 0. The van der Waals surface area contributed by atoms with Crippen molar-refractivity contribution in [1.82, 2.24) is 0 Å². The van der Waals surface area contributed by atoms with Crippen LogP contribution < -0.4 is 5.73 Å². The van der Waals surface area contributed by atoms with Gasteiger partial charge in [-0.2, -0.15) is 0 Å². The lowest BCUT2D eigenvalue weighted by Crippen LogP contribution is -2.24. The van der Waals surface area contributed by atoms with Gasteiger partial charge in [0.05, 0.1) is 19.3 Å². The molecule has 1 aromatic carbocycles. The van der Waals surface area contributed by atoms with Crippen LogP contribution in [-0.2, 0) is 22.3 Å². The van der Waals surface area contributed by atoms with Gasteiger partial charge in [-0.05, 0) is 61.3 Å². The molecule has 0 fully saturated rings. The molecule has 0 spiro atoms. The van der Waals surface area contributed by atoms with Crippen LogP contribution in [0.3, 0.4) is 0 Å². The van der Waals surface area contributed by atoms with Crippen LogP contribution >= 0.6 is 0 Å². The molecular weight excluding hydrogens is 298 g/mol. The maximum atomic E-state index is 6.01. The zero-order valence-electron chi connectivity index (χ0n) is 15.6. The predicted octanol–water partition coefficient (Wildman–Crippen LogP) is 4.22. The molecule has 2 unspecified atom stereocenters. The molecule has 0 bridgehead atoms. The van der Waals surface area contributed by atoms with E-state index in [9.17, 15) is 0 Å². The Morgan fingerprint density at radius 1 is 1.12 bits per heavy atom. The molecule has 0 saturated heterocycles. The van der Waals surface area contributed by atoms with E-state index in [0.717, 1.165) is 45.4 Å². The van der Waals surface area contributed by atoms with Crippen molar-refractivity contribution in [3.05, 3.63) is 34.9 Å². The molecule has 0 saturated carbocycles.